The number of nitrogens with zero attached hydrogens (tertiary/aromatic N) is 3. The van der Waals surface area contributed by atoms with E-state index < -0.39 is 10.0 Å². The summed E-state index contributed by atoms with van der Waals surface area (Å²) in [6.45, 7) is 3.56. The number of hydrogen-bond donors (Lipinski definition) is 1. The second-order valence-electron chi connectivity index (χ2n) is 4.04. The summed E-state index contributed by atoms with van der Waals surface area (Å²) in [4.78, 5) is 8.52. The van der Waals surface area contributed by atoms with Gasteiger partial charge in [-0.15, -0.1) is 0 Å². The van der Waals surface area contributed by atoms with Crippen molar-refractivity contribution in [1.29, 1.82) is 0 Å². The minimum Gasteiger partial charge on any atom is -0.354 e. The summed E-state index contributed by atoms with van der Waals surface area (Å²) in [6.07, 6.45) is 3.68. The van der Waals surface area contributed by atoms with E-state index in [2.05, 4.69) is 15.3 Å². The van der Waals surface area contributed by atoms with Crippen LogP contribution in [-0.4, -0.2) is 42.0 Å². The van der Waals surface area contributed by atoms with Crippen molar-refractivity contribution in [3.63, 3.8) is 0 Å². The van der Waals surface area contributed by atoms with Crippen LogP contribution < -0.4 is 5.32 Å². The van der Waals surface area contributed by atoms with Gasteiger partial charge in [-0.05, 0) is 18.9 Å². The Morgan fingerprint density at radius 3 is 2.94 bits per heavy atom. The molecule has 0 amide bonds. The van der Waals surface area contributed by atoms with Crippen LogP contribution in [0.2, 0.25) is 0 Å². The number of rotatable bonds is 3. The predicted molar refractivity (Wildman–Crippen MR) is 65.2 cm³/mol. The molecule has 0 saturated heterocycles. The van der Waals surface area contributed by atoms with Gasteiger partial charge in [0.1, 0.15) is 0 Å². The standard InChI is InChI=1S/C10H16N4O2S/c1-3-11-10-12-6-8-4-5-14(17(2,15)16)7-9(8)13-10/h6H,3-5,7H2,1-2H3,(H,11,12,13). The zero-order valence-corrected chi connectivity index (χ0v) is 10.8. The number of sulfonamides is 1. The molecule has 1 aromatic rings. The lowest BCUT2D eigenvalue weighted by Gasteiger charge is -2.25. The molecule has 1 aromatic heterocycles. The zero-order valence-electron chi connectivity index (χ0n) is 9.97. The van der Waals surface area contributed by atoms with Crippen molar-refractivity contribution in [3.05, 3.63) is 17.5 Å². The molecule has 0 bridgehead atoms. The first-order valence-corrected chi connectivity index (χ1v) is 7.39. The third kappa shape index (κ3) is 2.73. The third-order valence-corrected chi connectivity index (χ3v) is 3.96. The van der Waals surface area contributed by atoms with Crippen LogP contribution in [-0.2, 0) is 23.0 Å². The van der Waals surface area contributed by atoms with Crippen molar-refractivity contribution in [3.8, 4) is 0 Å². The molecule has 0 aliphatic carbocycles. The van der Waals surface area contributed by atoms with Crippen molar-refractivity contribution in [2.75, 3.05) is 24.7 Å². The molecule has 17 heavy (non-hydrogen) atoms. The molecule has 1 N–H and O–H groups in total. The van der Waals surface area contributed by atoms with E-state index >= 15 is 0 Å². The Kier molecular flexibility index (Phi) is 3.30. The molecule has 1 aliphatic heterocycles. The van der Waals surface area contributed by atoms with Gasteiger partial charge in [0.15, 0.2) is 0 Å². The van der Waals surface area contributed by atoms with E-state index in [-0.39, 0.29) is 0 Å². The Hall–Kier alpha value is -1.21. The number of nitrogens with one attached hydrogen (secondary N) is 1. The average Bonchev–Trinajstić information content (AvgIpc) is 2.27. The van der Waals surface area contributed by atoms with Crippen LogP contribution in [0.5, 0.6) is 0 Å². The number of aromatic nitrogens is 2. The van der Waals surface area contributed by atoms with E-state index in [0.29, 0.717) is 25.5 Å². The highest BCUT2D eigenvalue weighted by Crippen LogP contribution is 2.19. The summed E-state index contributed by atoms with van der Waals surface area (Å²) in [5, 5.41) is 3.02. The minimum absolute atomic E-state index is 0.342. The van der Waals surface area contributed by atoms with Crippen LogP contribution in [0.1, 0.15) is 18.2 Å². The highest BCUT2D eigenvalue weighted by molar-refractivity contribution is 7.88. The molecule has 1 aliphatic rings. The van der Waals surface area contributed by atoms with E-state index in [1.165, 1.54) is 10.6 Å². The van der Waals surface area contributed by atoms with Crippen LogP contribution in [0.3, 0.4) is 0 Å². The highest BCUT2D eigenvalue weighted by atomic mass is 32.2. The van der Waals surface area contributed by atoms with E-state index in [1.807, 2.05) is 6.92 Å². The number of hydrogen-bond acceptors (Lipinski definition) is 5. The lowest BCUT2D eigenvalue weighted by molar-refractivity contribution is 0.388. The van der Waals surface area contributed by atoms with E-state index in [9.17, 15) is 8.42 Å². The lowest BCUT2D eigenvalue weighted by atomic mass is 10.1. The van der Waals surface area contributed by atoms with Gasteiger partial charge in [-0.1, -0.05) is 0 Å². The molecular weight excluding hydrogens is 240 g/mol. The van der Waals surface area contributed by atoms with Crippen molar-refractivity contribution in [2.24, 2.45) is 0 Å². The Balaban J connectivity index is 2.26. The van der Waals surface area contributed by atoms with Crippen LogP contribution in [0.15, 0.2) is 6.20 Å². The van der Waals surface area contributed by atoms with Crippen molar-refractivity contribution in [1.82, 2.24) is 14.3 Å². The number of fused-ring (bicyclic) bond motifs is 1. The Morgan fingerprint density at radius 2 is 2.29 bits per heavy atom. The quantitative estimate of drug-likeness (QED) is 0.837. The topological polar surface area (TPSA) is 75.2 Å². The molecular formula is C10H16N4O2S. The summed E-state index contributed by atoms with van der Waals surface area (Å²) in [7, 11) is -3.14. The van der Waals surface area contributed by atoms with E-state index in [0.717, 1.165) is 17.8 Å². The van der Waals surface area contributed by atoms with Crippen LogP contribution in [0.4, 0.5) is 5.95 Å². The molecule has 2 rings (SSSR count). The van der Waals surface area contributed by atoms with Crippen LogP contribution in [0.25, 0.3) is 0 Å². The molecule has 6 nitrogen and oxygen atoms in total. The molecule has 0 unspecified atom stereocenters. The third-order valence-electron chi connectivity index (χ3n) is 2.71. The van der Waals surface area contributed by atoms with Gasteiger partial charge < -0.3 is 5.32 Å². The molecule has 0 radical (unpaired) electrons. The van der Waals surface area contributed by atoms with Gasteiger partial charge in [-0.25, -0.2) is 18.4 Å². The first-order chi connectivity index (χ1) is 8.00. The normalized spacial score (nSPS) is 16.6. The summed E-state index contributed by atoms with van der Waals surface area (Å²) < 4.78 is 24.4. The summed E-state index contributed by atoms with van der Waals surface area (Å²) in [6, 6.07) is 0. The second-order valence-corrected chi connectivity index (χ2v) is 6.02. The molecule has 0 atom stereocenters. The molecule has 7 heteroatoms. The van der Waals surface area contributed by atoms with Crippen LogP contribution in [0, 0.1) is 0 Å². The van der Waals surface area contributed by atoms with Crippen LogP contribution >= 0.6 is 0 Å². The second kappa shape index (κ2) is 4.58. The largest absolute Gasteiger partial charge is 0.354 e. The number of anilines is 1. The molecule has 0 aromatic carbocycles. The van der Waals surface area contributed by atoms with Gasteiger partial charge in [0, 0.05) is 19.3 Å². The van der Waals surface area contributed by atoms with Gasteiger partial charge >= 0.3 is 0 Å². The molecule has 0 spiro atoms. The van der Waals surface area contributed by atoms with Gasteiger partial charge in [0.25, 0.3) is 0 Å². The van der Waals surface area contributed by atoms with E-state index in [4.69, 9.17) is 0 Å². The predicted octanol–water partition coefficient (Wildman–Crippen LogP) is 0.226. The maximum Gasteiger partial charge on any atom is 0.222 e. The SMILES string of the molecule is CCNc1ncc2c(n1)CN(S(C)(=O)=O)CC2. The smallest absolute Gasteiger partial charge is 0.222 e. The first-order valence-electron chi connectivity index (χ1n) is 5.54. The van der Waals surface area contributed by atoms with E-state index in [1.54, 1.807) is 6.20 Å². The molecule has 0 fully saturated rings. The highest BCUT2D eigenvalue weighted by Gasteiger charge is 2.24. The molecule has 0 saturated carbocycles. The van der Waals surface area contributed by atoms with Gasteiger partial charge in [0.05, 0.1) is 18.5 Å². The fourth-order valence-corrected chi connectivity index (χ4v) is 2.59. The van der Waals surface area contributed by atoms with Gasteiger partial charge in [-0.2, -0.15) is 4.31 Å². The average molecular weight is 256 g/mol. The summed E-state index contributed by atoms with van der Waals surface area (Å²) >= 11 is 0. The first kappa shape index (κ1) is 12.3. The summed E-state index contributed by atoms with van der Waals surface area (Å²) in [5.74, 6) is 0.557. The fraction of sp³-hybridized carbons (Fsp3) is 0.600. The van der Waals surface area contributed by atoms with Crippen molar-refractivity contribution < 1.29 is 8.42 Å². The van der Waals surface area contributed by atoms with Gasteiger partial charge in [0.2, 0.25) is 16.0 Å². The van der Waals surface area contributed by atoms with Gasteiger partial charge in [-0.3, -0.25) is 0 Å². The zero-order chi connectivity index (χ0) is 12.5. The van der Waals surface area contributed by atoms with Crippen molar-refractivity contribution >= 4 is 16.0 Å². The lowest BCUT2D eigenvalue weighted by Crippen LogP contribution is -2.35. The Labute approximate surface area is 101 Å². The molecule has 94 valence electrons. The minimum atomic E-state index is -3.14. The summed E-state index contributed by atoms with van der Waals surface area (Å²) in [5.41, 5.74) is 1.83. The van der Waals surface area contributed by atoms with Crippen molar-refractivity contribution in [2.45, 2.75) is 19.9 Å². The Bertz CT molecular complexity index is 515. The molecule has 2 heterocycles. The maximum atomic E-state index is 11.5. The fourth-order valence-electron chi connectivity index (χ4n) is 1.81. The monoisotopic (exact) mass is 256 g/mol. The maximum absolute atomic E-state index is 11.5. The Morgan fingerprint density at radius 1 is 1.53 bits per heavy atom.